The number of carbonyl (C=O) groups excluding carboxylic acids is 3. The molecule has 0 saturated carbocycles. The van der Waals surface area contributed by atoms with E-state index in [4.69, 9.17) is 14.5 Å². The third-order valence-corrected chi connectivity index (χ3v) is 7.96. The van der Waals surface area contributed by atoms with Gasteiger partial charge in [-0.05, 0) is 0 Å². The molecule has 2 fully saturated rings. The van der Waals surface area contributed by atoms with Crippen LogP contribution in [0.3, 0.4) is 0 Å². The molecule has 1 N–H and O–H groups in total. The fourth-order valence-corrected chi connectivity index (χ4v) is 6.25. The van der Waals surface area contributed by atoms with Gasteiger partial charge in [-0.3, -0.25) is 19.9 Å². The summed E-state index contributed by atoms with van der Waals surface area (Å²) in [6, 6.07) is 0. The van der Waals surface area contributed by atoms with Gasteiger partial charge in [-0.15, -0.1) is 16.8 Å². The monoisotopic (exact) mass is 480 g/mol. The molecule has 2 heterocycles. The molecule has 0 aromatic heterocycles. The predicted octanol–water partition coefficient (Wildman–Crippen LogP) is 1.16. The topological polar surface area (TPSA) is 116 Å². The van der Waals surface area contributed by atoms with Crippen LogP contribution in [-0.2, 0) is 19.3 Å². The Balaban J connectivity index is 2.34. The van der Waals surface area contributed by atoms with Crippen LogP contribution in [0.5, 0.6) is 0 Å². The number of nitrogens with one attached hydrogen (secondary N) is 1. The second kappa shape index (κ2) is 10.5. The minimum absolute atomic E-state index is 0.0116. The van der Waals surface area contributed by atoms with Crippen LogP contribution in [0.4, 0.5) is 9.59 Å². The van der Waals surface area contributed by atoms with Crippen molar-refractivity contribution in [2.75, 3.05) is 52.6 Å². The first-order valence-corrected chi connectivity index (χ1v) is 11.4. The number of rotatable bonds is 5. The lowest BCUT2D eigenvalue weighted by atomic mass is 10.3. The standard InChI is InChI=1S/C15H24N6O6S3/c1-10(16-25-6)11(12(22)18(2)3)17-26-14(24)21-15(9-28-7-8-29-15)20(5)27-13(23)19(4)30-21/h16H,1,7-9H2,2-6H3. The zero-order chi connectivity index (χ0) is 22.5. The summed E-state index contributed by atoms with van der Waals surface area (Å²) >= 11 is 3.88. The van der Waals surface area contributed by atoms with Gasteiger partial charge in [0.15, 0.2) is 10.7 Å². The number of hydrogen-bond acceptors (Lipinski definition) is 12. The van der Waals surface area contributed by atoms with Crippen molar-refractivity contribution in [3.8, 4) is 0 Å². The first-order chi connectivity index (χ1) is 14.1. The van der Waals surface area contributed by atoms with E-state index in [-0.39, 0.29) is 11.4 Å². The largest absolute Gasteiger partial charge is 0.449 e. The quantitative estimate of drug-likeness (QED) is 0.264. The average molecular weight is 481 g/mol. The van der Waals surface area contributed by atoms with Gasteiger partial charge >= 0.3 is 12.2 Å². The van der Waals surface area contributed by atoms with Gasteiger partial charge in [-0.1, -0.05) is 11.7 Å². The Kier molecular flexibility index (Phi) is 8.54. The second-order valence-corrected chi connectivity index (χ2v) is 9.69. The van der Waals surface area contributed by atoms with Crippen LogP contribution in [0.1, 0.15) is 0 Å². The minimum atomic E-state index is -1.02. The van der Waals surface area contributed by atoms with Crippen molar-refractivity contribution in [3.63, 3.8) is 0 Å². The lowest BCUT2D eigenvalue weighted by Gasteiger charge is -2.44. The van der Waals surface area contributed by atoms with Gasteiger partial charge in [0, 0.05) is 45.4 Å². The Morgan fingerprint density at radius 3 is 2.60 bits per heavy atom. The zero-order valence-corrected chi connectivity index (χ0v) is 19.7. The van der Waals surface area contributed by atoms with E-state index >= 15 is 0 Å². The number of amides is 3. The Morgan fingerprint density at radius 1 is 1.33 bits per heavy atom. The number of hydroxylamine groups is 3. The van der Waals surface area contributed by atoms with Crippen molar-refractivity contribution in [1.82, 2.24) is 24.1 Å². The van der Waals surface area contributed by atoms with Crippen LogP contribution >= 0.6 is 35.7 Å². The predicted molar refractivity (Wildman–Crippen MR) is 116 cm³/mol. The molecular formula is C15H24N6O6S3. The molecule has 0 bridgehead atoms. The maximum absolute atomic E-state index is 13.0. The summed E-state index contributed by atoms with van der Waals surface area (Å²) in [7, 11) is 7.42. The summed E-state index contributed by atoms with van der Waals surface area (Å²) in [6.45, 7) is 3.66. The van der Waals surface area contributed by atoms with Gasteiger partial charge in [0.25, 0.3) is 5.91 Å². The maximum Gasteiger partial charge on any atom is 0.449 e. The van der Waals surface area contributed by atoms with Crippen LogP contribution in [0.15, 0.2) is 17.4 Å². The fourth-order valence-electron chi connectivity index (χ4n) is 2.31. The van der Waals surface area contributed by atoms with E-state index in [1.807, 2.05) is 0 Å². The highest BCUT2D eigenvalue weighted by Gasteiger charge is 2.53. The summed E-state index contributed by atoms with van der Waals surface area (Å²) in [6.07, 6.45) is -1.53. The molecule has 0 aromatic carbocycles. The lowest BCUT2D eigenvalue weighted by molar-refractivity contribution is -0.138. The molecule has 2 aliphatic heterocycles. The highest BCUT2D eigenvalue weighted by Crippen LogP contribution is 2.46. The molecule has 2 rings (SSSR count). The summed E-state index contributed by atoms with van der Waals surface area (Å²) < 4.78 is 2.43. The minimum Gasteiger partial charge on any atom is -0.347 e. The lowest BCUT2D eigenvalue weighted by Crippen LogP contribution is -2.58. The number of hydrogen-bond donors (Lipinski definition) is 1. The Hall–Kier alpha value is -1.81. The molecule has 12 nitrogen and oxygen atoms in total. The third kappa shape index (κ3) is 5.26. The van der Waals surface area contributed by atoms with Gasteiger partial charge < -0.3 is 9.74 Å². The molecular weight excluding hydrogens is 456 g/mol. The second-order valence-electron chi connectivity index (χ2n) is 6.15. The van der Waals surface area contributed by atoms with E-state index in [0.717, 1.165) is 27.9 Å². The Labute approximate surface area is 187 Å². The van der Waals surface area contributed by atoms with E-state index in [1.165, 1.54) is 54.3 Å². The third-order valence-electron chi connectivity index (χ3n) is 3.84. The molecule has 30 heavy (non-hydrogen) atoms. The van der Waals surface area contributed by atoms with Gasteiger partial charge in [0.2, 0.25) is 0 Å². The van der Waals surface area contributed by atoms with E-state index in [2.05, 4.69) is 17.2 Å². The number of carbonyl (C=O) groups is 3. The first kappa shape index (κ1) is 24.5. The first-order valence-electron chi connectivity index (χ1n) is 8.52. The number of nitrogens with zero attached hydrogens (tertiary/aromatic N) is 5. The summed E-state index contributed by atoms with van der Waals surface area (Å²) in [5.41, 5.74) is 2.17. The summed E-state index contributed by atoms with van der Waals surface area (Å²) in [4.78, 5) is 53.0. The van der Waals surface area contributed by atoms with Crippen LogP contribution in [-0.4, -0.2) is 99.9 Å². The van der Waals surface area contributed by atoms with Crippen molar-refractivity contribution >= 4 is 59.5 Å². The highest BCUT2D eigenvalue weighted by molar-refractivity contribution is 8.07. The van der Waals surface area contributed by atoms with Crippen LogP contribution < -0.4 is 5.48 Å². The number of oxime groups is 1. The van der Waals surface area contributed by atoms with Crippen molar-refractivity contribution < 1.29 is 28.9 Å². The molecule has 168 valence electrons. The van der Waals surface area contributed by atoms with Crippen LogP contribution in [0.2, 0.25) is 0 Å². The van der Waals surface area contributed by atoms with Crippen molar-refractivity contribution in [2.45, 2.75) is 4.99 Å². The maximum atomic E-state index is 13.0. The molecule has 1 atom stereocenters. The van der Waals surface area contributed by atoms with Gasteiger partial charge in [0.05, 0.1) is 24.9 Å². The molecule has 2 saturated heterocycles. The van der Waals surface area contributed by atoms with Crippen molar-refractivity contribution in [1.29, 1.82) is 0 Å². The molecule has 2 aliphatic rings. The van der Waals surface area contributed by atoms with E-state index < -0.39 is 23.1 Å². The number of thioether (sulfide) groups is 2. The van der Waals surface area contributed by atoms with E-state index in [1.54, 1.807) is 18.8 Å². The van der Waals surface area contributed by atoms with Crippen molar-refractivity contribution in [3.05, 3.63) is 12.3 Å². The summed E-state index contributed by atoms with van der Waals surface area (Å²) in [5.74, 6) is 1.52. The molecule has 0 aromatic rings. The molecule has 1 unspecified atom stereocenters. The van der Waals surface area contributed by atoms with Crippen LogP contribution in [0, 0.1) is 0 Å². The average Bonchev–Trinajstić information content (AvgIpc) is 2.79. The van der Waals surface area contributed by atoms with E-state index in [9.17, 15) is 14.4 Å². The zero-order valence-electron chi connectivity index (χ0n) is 17.2. The normalized spacial score (nSPS) is 23.0. The Bertz CT molecular complexity index is 730. The SMILES string of the molecule is C=C(NOC)C(=NOC(=O)N1SN(C)C(=O)ON(C)C12CSCCS2)C(=O)N(C)C. The molecule has 0 aliphatic carbocycles. The molecule has 15 heteroatoms. The molecule has 1 spiro atoms. The van der Waals surface area contributed by atoms with Gasteiger partial charge in [0.1, 0.15) is 0 Å². The smallest absolute Gasteiger partial charge is 0.347 e. The highest BCUT2D eigenvalue weighted by atomic mass is 32.2. The van der Waals surface area contributed by atoms with Crippen LogP contribution in [0.25, 0.3) is 0 Å². The Morgan fingerprint density at radius 2 is 2.03 bits per heavy atom. The molecule has 3 amide bonds. The van der Waals surface area contributed by atoms with E-state index in [0.29, 0.717) is 5.75 Å². The fraction of sp³-hybridized carbons (Fsp3) is 0.600. The van der Waals surface area contributed by atoms with Gasteiger partial charge in [-0.25, -0.2) is 13.9 Å². The van der Waals surface area contributed by atoms with Gasteiger partial charge in [-0.2, -0.15) is 16.1 Å². The summed E-state index contributed by atoms with van der Waals surface area (Å²) in [5, 5.41) is 5.05. The molecule has 0 radical (unpaired) electrons. The van der Waals surface area contributed by atoms with Crippen molar-refractivity contribution in [2.24, 2.45) is 5.16 Å².